The minimum absolute atomic E-state index is 0.0709. The van der Waals surface area contributed by atoms with Gasteiger partial charge in [-0.1, -0.05) is 120 Å². The normalized spacial score (nSPS) is 15.4. The number of benzene rings is 4. The SMILES string of the molecule is O=C(C=Cc1ccccc1)C1=C(O)C(=O)N(c2nnc(SCc3cccc4ccccc34)s2)C1c1ccccc1F. The molecule has 202 valence electrons. The van der Waals surface area contributed by atoms with E-state index in [0.29, 0.717) is 10.1 Å². The zero-order chi connectivity index (χ0) is 28.3. The van der Waals surface area contributed by atoms with Crippen LogP contribution in [0.3, 0.4) is 0 Å². The number of carbonyl (C=O) groups excluding carboxylic acids is 2. The molecule has 41 heavy (non-hydrogen) atoms. The number of carbonyl (C=O) groups is 2. The summed E-state index contributed by atoms with van der Waals surface area (Å²) in [5, 5.41) is 21.8. The Morgan fingerprint density at radius 1 is 0.951 bits per heavy atom. The summed E-state index contributed by atoms with van der Waals surface area (Å²) < 4.78 is 15.7. The van der Waals surface area contributed by atoms with Crippen LogP contribution >= 0.6 is 23.1 Å². The molecule has 0 radical (unpaired) electrons. The van der Waals surface area contributed by atoms with Gasteiger partial charge in [-0.25, -0.2) is 4.39 Å². The van der Waals surface area contributed by atoms with E-state index in [2.05, 4.69) is 34.5 Å². The van der Waals surface area contributed by atoms with Crippen LogP contribution in [0.5, 0.6) is 0 Å². The van der Waals surface area contributed by atoms with Gasteiger partial charge in [0.05, 0.1) is 5.57 Å². The lowest BCUT2D eigenvalue weighted by atomic mass is 9.95. The summed E-state index contributed by atoms with van der Waals surface area (Å²) in [6.07, 6.45) is 2.86. The van der Waals surface area contributed by atoms with Crippen molar-refractivity contribution in [2.45, 2.75) is 16.1 Å². The quantitative estimate of drug-likeness (QED) is 0.118. The Labute approximate surface area is 243 Å². The van der Waals surface area contributed by atoms with Crippen molar-refractivity contribution in [1.82, 2.24) is 10.2 Å². The van der Waals surface area contributed by atoms with Crippen LogP contribution in [0.4, 0.5) is 9.52 Å². The van der Waals surface area contributed by atoms with Gasteiger partial charge in [-0.2, -0.15) is 0 Å². The molecule has 1 atom stereocenters. The number of aliphatic hydroxyl groups excluding tert-OH is 1. The largest absolute Gasteiger partial charge is 0.503 e. The molecule has 4 aromatic carbocycles. The highest BCUT2D eigenvalue weighted by atomic mass is 32.2. The predicted octanol–water partition coefficient (Wildman–Crippen LogP) is 7.31. The van der Waals surface area contributed by atoms with Gasteiger partial charge in [0.1, 0.15) is 11.9 Å². The van der Waals surface area contributed by atoms with E-state index in [1.165, 1.54) is 36.0 Å². The third kappa shape index (κ3) is 5.29. The molecule has 1 aliphatic heterocycles. The fourth-order valence-corrected chi connectivity index (χ4v) is 6.66. The van der Waals surface area contributed by atoms with Crippen LogP contribution in [0.15, 0.2) is 119 Å². The molecule has 1 N–H and O–H groups in total. The van der Waals surface area contributed by atoms with Crippen molar-refractivity contribution in [3.8, 4) is 0 Å². The Hall–Kier alpha value is -4.60. The van der Waals surface area contributed by atoms with Crippen LogP contribution < -0.4 is 4.90 Å². The topological polar surface area (TPSA) is 83.4 Å². The highest BCUT2D eigenvalue weighted by Gasteiger charge is 2.46. The van der Waals surface area contributed by atoms with Gasteiger partial charge in [-0.05, 0) is 34.0 Å². The first-order valence-electron chi connectivity index (χ1n) is 12.7. The number of fused-ring (bicyclic) bond motifs is 1. The molecule has 5 aromatic rings. The first-order valence-corrected chi connectivity index (χ1v) is 14.5. The number of halogens is 1. The molecule has 2 heterocycles. The van der Waals surface area contributed by atoms with Crippen LogP contribution in [0, 0.1) is 5.82 Å². The number of amides is 1. The zero-order valence-corrected chi connectivity index (χ0v) is 23.1. The van der Waals surface area contributed by atoms with Crippen LogP contribution in [-0.4, -0.2) is 27.0 Å². The van der Waals surface area contributed by atoms with Gasteiger partial charge in [0.15, 0.2) is 15.9 Å². The van der Waals surface area contributed by atoms with Crippen molar-refractivity contribution in [2.24, 2.45) is 0 Å². The molecule has 0 saturated carbocycles. The Bertz CT molecular complexity index is 1830. The number of rotatable bonds is 8. The second-order valence-corrected chi connectivity index (χ2v) is 11.4. The monoisotopic (exact) mass is 579 g/mol. The summed E-state index contributed by atoms with van der Waals surface area (Å²) in [6.45, 7) is 0. The molecular weight excluding hydrogens is 558 g/mol. The molecular formula is C32H22FN3O3S2. The van der Waals surface area contributed by atoms with Crippen molar-refractivity contribution in [1.29, 1.82) is 0 Å². The lowest BCUT2D eigenvalue weighted by Gasteiger charge is -2.24. The van der Waals surface area contributed by atoms with E-state index in [9.17, 15) is 14.7 Å². The molecule has 0 fully saturated rings. The number of anilines is 1. The molecule has 0 bridgehead atoms. The van der Waals surface area contributed by atoms with Crippen molar-refractivity contribution < 1.29 is 19.1 Å². The third-order valence-corrected chi connectivity index (χ3v) is 8.84. The van der Waals surface area contributed by atoms with E-state index in [4.69, 9.17) is 0 Å². The van der Waals surface area contributed by atoms with Gasteiger partial charge in [0, 0.05) is 11.3 Å². The van der Waals surface area contributed by atoms with Crippen LogP contribution in [-0.2, 0) is 15.3 Å². The Morgan fingerprint density at radius 3 is 2.51 bits per heavy atom. The molecule has 6 rings (SSSR count). The average molecular weight is 580 g/mol. The second-order valence-electron chi connectivity index (χ2n) is 9.25. The average Bonchev–Trinajstić information content (AvgIpc) is 3.57. The number of aliphatic hydroxyl groups is 1. The molecule has 0 spiro atoms. The van der Waals surface area contributed by atoms with Crippen molar-refractivity contribution in [3.63, 3.8) is 0 Å². The number of ketones is 1. The summed E-state index contributed by atoms with van der Waals surface area (Å²) in [5.41, 5.74) is 1.75. The van der Waals surface area contributed by atoms with Crippen LogP contribution in [0.25, 0.3) is 16.8 Å². The molecule has 1 unspecified atom stereocenters. The second kappa shape index (κ2) is 11.5. The van der Waals surface area contributed by atoms with E-state index in [1.54, 1.807) is 12.1 Å². The number of nitrogens with zero attached hydrogens (tertiary/aromatic N) is 3. The first-order chi connectivity index (χ1) is 20.0. The van der Waals surface area contributed by atoms with Crippen molar-refractivity contribution in [3.05, 3.63) is 137 Å². The zero-order valence-electron chi connectivity index (χ0n) is 21.5. The number of aromatic nitrogens is 2. The van der Waals surface area contributed by atoms with E-state index in [0.717, 1.165) is 38.1 Å². The Kier molecular flexibility index (Phi) is 7.45. The lowest BCUT2D eigenvalue weighted by molar-refractivity contribution is -0.117. The summed E-state index contributed by atoms with van der Waals surface area (Å²) in [4.78, 5) is 27.9. The molecule has 1 aliphatic rings. The predicted molar refractivity (Wildman–Crippen MR) is 160 cm³/mol. The number of thioether (sulfide) groups is 1. The van der Waals surface area contributed by atoms with Gasteiger partial charge >= 0.3 is 0 Å². The van der Waals surface area contributed by atoms with Crippen LogP contribution in [0.1, 0.15) is 22.7 Å². The minimum Gasteiger partial charge on any atom is -0.503 e. The Morgan fingerprint density at radius 2 is 1.68 bits per heavy atom. The highest BCUT2D eigenvalue weighted by Crippen LogP contribution is 2.44. The number of hydrogen-bond donors (Lipinski definition) is 1. The van der Waals surface area contributed by atoms with Gasteiger partial charge < -0.3 is 5.11 Å². The summed E-state index contributed by atoms with van der Waals surface area (Å²) in [6, 6.07) is 28.0. The maximum Gasteiger partial charge on any atom is 0.296 e. The van der Waals surface area contributed by atoms with Gasteiger partial charge in [-0.15, -0.1) is 10.2 Å². The molecule has 0 aliphatic carbocycles. The highest BCUT2D eigenvalue weighted by molar-refractivity contribution is 8.00. The van der Waals surface area contributed by atoms with Gasteiger partial charge in [0.25, 0.3) is 5.91 Å². The molecule has 6 nitrogen and oxygen atoms in total. The molecule has 1 amide bonds. The summed E-state index contributed by atoms with van der Waals surface area (Å²) in [7, 11) is 0. The van der Waals surface area contributed by atoms with Crippen LogP contribution in [0.2, 0.25) is 0 Å². The summed E-state index contributed by atoms with van der Waals surface area (Å²) >= 11 is 2.61. The van der Waals surface area contributed by atoms with Crippen molar-refractivity contribution >= 4 is 56.8 Å². The molecule has 9 heteroatoms. The lowest BCUT2D eigenvalue weighted by Crippen LogP contribution is -2.31. The fraction of sp³-hybridized carbons (Fsp3) is 0.0625. The Balaban J connectivity index is 1.31. The number of allylic oxidation sites excluding steroid dienone is 1. The standard InChI is InChI=1S/C32H22FN3O3S2/c33-25-16-7-6-15-24(25)28-27(26(37)18-17-20-9-2-1-3-10-20)29(38)30(39)36(28)31-34-35-32(41-31)40-19-22-13-8-12-21-11-4-5-14-23(21)22/h1-18,28,38H,19H2. The van der Waals surface area contributed by atoms with Gasteiger partial charge in [-0.3, -0.25) is 14.5 Å². The van der Waals surface area contributed by atoms with E-state index < -0.39 is 29.3 Å². The summed E-state index contributed by atoms with van der Waals surface area (Å²) in [5.74, 6) is -2.17. The number of hydrogen-bond acceptors (Lipinski definition) is 7. The fourth-order valence-electron chi connectivity index (χ4n) is 4.79. The molecule has 1 aromatic heterocycles. The third-order valence-electron chi connectivity index (χ3n) is 6.73. The first kappa shape index (κ1) is 26.6. The van der Waals surface area contributed by atoms with Crippen molar-refractivity contribution in [2.75, 3.05) is 4.90 Å². The smallest absolute Gasteiger partial charge is 0.296 e. The van der Waals surface area contributed by atoms with E-state index >= 15 is 4.39 Å². The maximum absolute atomic E-state index is 15.1. The molecule has 0 saturated heterocycles. The van der Waals surface area contributed by atoms with E-state index in [1.807, 2.05) is 48.5 Å². The maximum atomic E-state index is 15.1. The minimum atomic E-state index is -1.21. The van der Waals surface area contributed by atoms with Gasteiger partial charge in [0.2, 0.25) is 5.13 Å². The van der Waals surface area contributed by atoms with E-state index in [-0.39, 0.29) is 16.3 Å².